The van der Waals surface area contributed by atoms with Crippen molar-refractivity contribution in [1.29, 1.82) is 0 Å². The van der Waals surface area contributed by atoms with Crippen molar-refractivity contribution in [1.82, 2.24) is 5.32 Å². The van der Waals surface area contributed by atoms with Crippen LogP contribution in [0.25, 0.3) is 6.08 Å². The molecule has 1 heterocycles. The molecule has 2 aromatic carbocycles. The van der Waals surface area contributed by atoms with Gasteiger partial charge >= 0.3 is 0 Å². The normalized spacial score (nSPS) is 16.4. The molecule has 1 N–H and O–H groups in total. The SMILES string of the molecule is C=CCOc1ccc(/C=C2/SC(=Nc3ccc(OC)cc3)NC2=O)cc1Br. The fourth-order valence-electron chi connectivity index (χ4n) is 2.28. The Kier molecular flexibility index (Phi) is 6.36. The highest BCUT2D eigenvalue weighted by atomic mass is 79.9. The van der Waals surface area contributed by atoms with E-state index in [1.807, 2.05) is 48.5 Å². The zero-order valence-corrected chi connectivity index (χ0v) is 17.0. The second kappa shape index (κ2) is 8.92. The van der Waals surface area contributed by atoms with E-state index in [2.05, 4.69) is 32.8 Å². The number of carbonyl (C=O) groups is 1. The molecular weight excluding hydrogens is 428 g/mol. The van der Waals surface area contributed by atoms with Gasteiger partial charge in [-0.1, -0.05) is 18.7 Å². The first-order valence-electron chi connectivity index (χ1n) is 8.06. The van der Waals surface area contributed by atoms with Crippen molar-refractivity contribution in [2.75, 3.05) is 13.7 Å². The molecule has 7 heteroatoms. The van der Waals surface area contributed by atoms with Crippen LogP contribution in [0.1, 0.15) is 5.56 Å². The number of hydrogen-bond acceptors (Lipinski definition) is 5. The Morgan fingerprint density at radius 2 is 2.04 bits per heavy atom. The van der Waals surface area contributed by atoms with E-state index in [9.17, 15) is 4.79 Å². The number of amides is 1. The van der Waals surface area contributed by atoms with Gasteiger partial charge in [0.15, 0.2) is 5.17 Å². The summed E-state index contributed by atoms with van der Waals surface area (Å²) in [5, 5.41) is 3.33. The number of ether oxygens (including phenoxy) is 2. The van der Waals surface area contributed by atoms with Crippen molar-refractivity contribution in [3.63, 3.8) is 0 Å². The lowest BCUT2D eigenvalue weighted by Crippen LogP contribution is -2.19. The molecule has 1 aliphatic rings. The van der Waals surface area contributed by atoms with Crippen LogP contribution >= 0.6 is 27.7 Å². The van der Waals surface area contributed by atoms with Crippen LogP contribution in [0.15, 0.2) is 69.5 Å². The van der Waals surface area contributed by atoms with Crippen molar-refractivity contribution in [3.8, 4) is 11.5 Å². The van der Waals surface area contributed by atoms with Gasteiger partial charge in [0.2, 0.25) is 0 Å². The van der Waals surface area contributed by atoms with Crippen molar-refractivity contribution >= 4 is 50.5 Å². The van der Waals surface area contributed by atoms with Crippen LogP contribution in [0.5, 0.6) is 11.5 Å². The number of halogens is 1. The average molecular weight is 445 g/mol. The molecule has 0 bridgehead atoms. The van der Waals surface area contributed by atoms with Crippen LogP contribution in [-0.4, -0.2) is 24.8 Å². The molecule has 0 atom stereocenters. The molecule has 1 aliphatic heterocycles. The standard InChI is InChI=1S/C20H17BrN2O3S/c1-3-10-26-17-9-4-13(11-16(17)21)12-18-19(24)23-20(27-18)22-14-5-7-15(25-2)8-6-14/h3-9,11-12H,1,10H2,2H3,(H,22,23,24)/b18-12+. The summed E-state index contributed by atoms with van der Waals surface area (Å²) in [5.74, 6) is 1.31. The summed E-state index contributed by atoms with van der Waals surface area (Å²) in [6.07, 6.45) is 3.50. The van der Waals surface area contributed by atoms with Crippen LogP contribution in [0.2, 0.25) is 0 Å². The lowest BCUT2D eigenvalue weighted by atomic mass is 10.2. The number of rotatable bonds is 6. The third-order valence-corrected chi connectivity index (χ3v) is 5.09. The summed E-state index contributed by atoms with van der Waals surface area (Å²) in [7, 11) is 1.61. The number of carbonyl (C=O) groups excluding carboxylic acids is 1. The van der Waals surface area contributed by atoms with Gasteiger partial charge in [-0.05, 0) is 75.7 Å². The Bertz CT molecular complexity index is 923. The maximum absolute atomic E-state index is 12.2. The lowest BCUT2D eigenvalue weighted by Gasteiger charge is -2.06. The van der Waals surface area contributed by atoms with Gasteiger partial charge in [0.05, 0.1) is 22.2 Å². The first-order chi connectivity index (χ1) is 13.1. The van der Waals surface area contributed by atoms with Gasteiger partial charge in [-0.25, -0.2) is 4.99 Å². The van der Waals surface area contributed by atoms with E-state index in [1.165, 1.54) is 11.8 Å². The van der Waals surface area contributed by atoms with E-state index < -0.39 is 0 Å². The van der Waals surface area contributed by atoms with Crippen molar-refractivity contribution < 1.29 is 14.3 Å². The quantitative estimate of drug-likeness (QED) is 0.507. The summed E-state index contributed by atoms with van der Waals surface area (Å²) in [4.78, 5) is 17.3. The first-order valence-corrected chi connectivity index (χ1v) is 9.67. The van der Waals surface area contributed by atoms with Gasteiger partial charge in [0.25, 0.3) is 5.91 Å². The van der Waals surface area contributed by atoms with Gasteiger partial charge in [0.1, 0.15) is 18.1 Å². The number of nitrogens with zero attached hydrogens (tertiary/aromatic N) is 1. The number of benzene rings is 2. The van der Waals surface area contributed by atoms with Crippen LogP contribution < -0.4 is 14.8 Å². The molecule has 0 saturated carbocycles. The maximum atomic E-state index is 12.2. The molecule has 2 aromatic rings. The molecule has 3 rings (SSSR count). The second-order valence-corrected chi connectivity index (χ2v) is 7.35. The Labute approximate surface area is 170 Å². The number of nitrogens with one attached hydrogen (secondary N) is 1. The smallest absolute Gasteiger partial charge is 0.264 e. The fraction of sp³-hybridized carbons (Fsp3) is 0.100. The van der Waals surface area contributed by atoms with Gasteiger partial charge in [-0.15, -0.1) is 0 Å². The largest absolute Gasteiger partial charge is 0.497 e. The number of hydrogen-bond donors (Lipinski definition) is 1. The maximum Gasteiger partial charge on any atom is 0.264 e. The van der Waals surface area contributed by atoms with Crippen molar-refractivity contribution in [2.24, 2.45) is 4.99 Å². The molecular formula is C20H17BrN2O3S. The van der Waals surface area contributed by atoms with Crippen LogP contribution in [0, 0.1) is 0 Å². The summed E-state index contributed by atoms with van der Waals surface area (Å²) in [6, 6.07) is 13.0. The van der Waals surface area contributed by atoms with Crippen molar-refractivity contribution in [2.45, 2.75) is 0 Å². The lowest BCUT2D eigenvalue weighted by molar-refractivity contribution is -0.115. The molecule has 0 unspecified atom stereocenters. The summed E-state index contributed by atoms with van der Waals surface area (Å²) in [6.45, 7) is 4.06. The Morgan fingerprint density at radius 1 is 1.26 bits per heavy atom. The van der Waals surface area contributed by atoms with Crippen LogP contribution in [0.4, 0.5) is 5.69 Å². The van der Waals surface area contributed by atoms with E-state index in [-0.39, 0.29) is 5.91 Å². The minimum absolute atomic E-state index is 0.171. The van der Waals surface area contributed by atoms with Gasteiger partial charge < -0.3 is 14.8 Å². The molecule has 5 nitrogen and oxygen atoms in total. The summed E-state index contributed by atoms with van der Waals surface area (Å²) < 4.78 is 11.5. The van der Waals surface area contributed by atoms with Gasteiger partial charge in [-0.2, -0.15) is 0 Å². The predicted molar refractivity (Wildman–Crippen MR) is 114 cm³/mol. The van der Waals surface area contributed by atoms with Crippen LogP contribution in [0.3, 0.4) is 0 Å². The number of methoxy groups -OCH3 is 1. The second-order valence-electron chi connectivity index (χ2n) is 5.47. The minimum Gasteiger partial charge on any atom is -0.497 e. The van der Waals surface area contributed by atoms with E-state index in [0.29, 0.717) is 16.7 Å². The molecule has 0 spiro atoms. The molecule has 1 amide bonds. The van der Waals surface area contributed by atoms with Gasteiger partial charge in [0, 0.05) is 0 Å². The topological polar surface area (TPSA) is 59.9 Å². The highest BCUT2D eigenvalue weighted by Gasteiger charge is 2.23. The third-order valence-electron chi connectivity index (χ3n) is 3.56. The monoisotopic (exact) mass is 444 g/mol. The molecule has 0 aliphatic carbocycles. The van der Waals surface area contributed by atoms with E-state index in [0.717, 1.165) is 27.2 Å². The minimum atomic E-state index is -0.171. The van der Waals surface area contributed by atoms with E-state index in [4.69, 9.17) is 9.47 Å². The zero-order valence-electron chi connectivity index (χ0n) is 14.6. The molecule has 0 radical (unpaired) electrons. The zero-order chi connectivity index (χ0) is 19.2. The highest BCUT2D eigenvalue weighted by molar-refractivity contribution is 9.10. The average Bonchev–Trinajstić information content (AvgIpc) is 3.00. The number of thioether (sulfide) groups is 1. The number of aliphatic imine (C=N–C) groups is 1. The summed E-state index contributed by atoms with van der Waals surface area (Å²) in [5.41, 5.74) is 1.63. The molecule has 1 fully saturated rings. The Hall–Kier alpha value is -2.51. The van der Waals surface area contributed by atoms with E-state index in [1.54, 1.807) is 13.2 Å². The van der Waals surface area contributed by atoms with Gasteiger partial charge in [-0.3, -0.25) is 4.79 Å². The summed E-state index contributed by atoms with van der Waals surface area (Å²) >= 11 is 4.78. The molecule has 1 saturated heterocycles. The molecule has 0 aromatic heterocycles. The van der Waals surface area contributed by atoms with Crippen LogP contribution in [-0.2, 0) is 4.79 Å². The Morgan fingerprint density at radius 3 is 2.70 bits per heavy atom. The Balaban J connectivity index is 1.75. The number of amidine groups is 1. The predicted octanol–water partition coefficient (Wildman–Crippen LogP) is 4.91. The van der Waals surface area contributed by atoms with E-state index >= 15 is 0 Å². The first kappa shape index (κ1) is 19.3. The third kappa shape index (κ3) is 5.02. The van der Waals surface area contributed by atoms with Crippen molar-refractivity contribution in [3.05, 3.63) is 70.1 Å². The highest BCUT2D eigenvalue weighted by Crippen LogP contribution is 2.31. The molecule has 138 valence electrons. The fourth-order valence-corrected chi connectivity index (χ4v) is 3.63. The molecule has 27 heavy (non-hydrogen) atoms.